The monoisotopic (exact) mass is 319 g/mol. The van der Waals surface area contributed by atoms with Crippen LogP contribution in [0.1, 0.15) is 6.92 Å². The smallest absolute Gasteiger partial charge is 0.393 e. The van der Waals surface area contributed by atoms with Gasteiger partial charge in [0.05, 0.1) is 23.7 Å². The first-order valence-corrected chi connectivity index (χ1v) is 7.40. The number of sulfonamides is 1. The number of methoxy groups -OCH3 is 1. The van der Waals surface area contributed by atoms with Gasteiger partial charge in [-0.25, -0.2) is 12.7 Å². The number of alkyl halides is 3. The zero-order chi connectivity index (χ0) is 15.7. The lowest BCUT2D eigenvalue weighted by molar-refractivity contribution is -0.187. The summed E-state index contributed by atoms with van der Waals surface area (Å²) in [6, 6.07) is 0. The van der Waals surface area contributed by atoms with E-state index in [1.165, 1.54) is 14.0 Å². The number of hydrogen-bond acceptors (Lipinski definition) is 4. The Balaban J connectivity index is 2.93. The van der Waals surface area contributed by atoms with Gasteiger partial charge >= 0.3 is 12.1 Å². The highest BCUT2D eigenvalue weighted by atomic mass is 32.2. The van der Waals surface area contributed by atoms with Crippen LogP contribution in [0.4, 0.5) is 13.2 Å². The number of ether oxygens (including phenoxy) is 1. The van der Waals surface area contributed by atoms with Crippen molar-refractivity contribution < 1.29 is 36.2 Å². The summed E-state index contributed by atoms with van der Waals surface area (Å²) < 4.78 is 67.5. The fourth-order valence-electron chi connectivity index (χ4n) is 2.05. The summed E-state index contributed by atoms with van der Waals surface area (Å²) in [6.07, 6.45) is -5.44. The van der Waals surface area contributed by atoms with E-state index in [9.17, 15) is 26.4 Å². The van der Waals surface area contributed by atoms with Gasteiger partial charge in [0, 0.05) is 20.2 Å². The van der Waals surface area contributed by atoms with Gasteiger partial charge in [-0.15, -0.1) is 0 Å². The van der Waals surface area contributed by atoms with Gasteiger partial charge in [-0.1, -0.05) is 0 Å². The van der Waals surface area contributed by atoms with Crippen molar-refractivity contribution in [3.8, 4) is 0 Å². The van der Waals surface area contributed by atoms with Crippen LogP contribution < -0.4 is 0 Å². The zero-order valence-electron chi connectivity index (χ0n) is 10.9. The molecule has 0 radical (unpaired) electrons. The quantitative estimate of drug-likeness (QED) is 0.800. The van der Waals surface area contributed by atoms with E-state index in [0.29, 0.717) is 4.31 Å². The Labute approximate surface area is 114 Å². The van der Waals surface area contributed by atoms with Crippen molar-refractivity contribution in [2.24, 2.45) is 11.8 Å². The van der Waals surface area contributed by atoms with Crippen molar-refractivity contribution >= 4 is 16.0 Å². The molecule has 1 saturated heterocycles. The van der Waals surface area contributed by atoms with Crippen LogP contribution in [0.2, 0.25) is 0 Å². The Morgan fingerprint density at radius 3 is 2.35 bits per heavy atom. The molecule has 0 aromatic rings. The Morgan fingerprint density at radius 2 is 2.00 bits per heavy atom. The van der Waals surface area contributed by atoms with Gasteiger partial charge in [0.15, 0.2) is 0 Å². The number of rotatable bonds is 5. The van der Waals surface area contributed by atoms with Gasteiger partial charge in [0.1, 0.15) is 0 Å². The summed E-state index contributed by atoms with van der Waals surface area (Å²) in [5.74, 6) is -6.10. The fraction of sp³-hybridized carbons (Fsp3) is 0.900. The largest absolute Gasteiger partial charge is 0.481 e. The van der Waals surface area contributed by atoms with Gasteiger partial charge < -0.3 is 9.84 Å². The summed E-state index contributed by atoms with van der Waals surface area (Å²) in [5, 5.41) is 8.81. The molecule has 6 nitrogen and oxygen atoms in total. The molecule has 0 amide bonds. The molecule has 0 spiro atoms. The topological polar surface area (TPSA) is 83.9 Å². The highest BCUT2D eigenvalue weighted by Crippen LogP contribution is 2.38. The fourth-order valence-corrected chi connectivity index (χ4v) is 3.76. The van der Waals surface area contributed by atoms with Crippen LogP contribution in [0.15, 0.2) is 0 Å². The number of carboxylic acids is 1. The van der Waals surface area contributed by atoms with E-state index in [4.69, 9.17) is 9.84 Å². The molecule has 3 atom stereocenters. The van der Waals surface area contributed by atoms with Gasteiger partial charge in [-0.3, -0.25) is 4.79 Å². The van der Waals surface area contributed by atoms with E-state index in [2.05, 4.69) is 0 Å². The third kappa shape index (κ3) is 3.83. The first-order valence-electron chi connectivity index (χ1n) is 5.79. The van der Waals surface area contributed by atoms with Gasteiger partial charge in [0.2, 0.25) is 10.0 Å². The van der Waals surface area contributed by atoms with Crippen LogP contribution in [0.5, 0.6) is 0 Å². The number of nitrogens with zero attached hydrogens (tertiary/aromatic N) is 1. The van der Waals surface area contributed by atoms with Crippen LogP contribution in [0.25, 0.3) is 0 Å². The number of halogens is 3. The Kier molecular flexibility index (Phi) is 5.03. The lowest BCUT2D eigenvalue weighted by Crippen LogP contribution is -2.36. The normalized spacial score (nSPS) is 26.6. The number of hydrogen-bond donors (Lipinski definition) is 1. The molecule has 0 aliphatic carbocycles. The summed E-state index contributed by atoms with van der Waals surface area (Å²) in [6.45, 7) is -0.0684. The third-order valence-corrected chi connectivity index (χ3v) is 5.24. The van der Waals surface area contributed by atoms with Crippen LogP contribution in [0, 0.1) is 11.8 Å². The summed E-state index contributed by atoms with van der Waals surface area (Å²) in [7, 11) is -2.71. The molecule has 0 aromatic heterocycles. The van der Waals surface area contributed by atoms with E-state index in [0.717, 1.165) is 0 Å². The van der Waals surface area contributed by atoms with Crippen molar-refractivity contribution in [3.05, 3.63) is 0 Å². The molecule has 1 heterocycles. The van der Waals surface area contributed by atoms with Crippen LogP contribution >= 0.6 is 0 Å². The van der Waals surface area contributed by atoms with Crippen LogP contribution in [0.3, 0.4) is 0 Å². The second-order valence-electron chi connectivity index (χ2n) is 4.73. The minimum absolute atomic E-state index is 0.486. The minimum Gasteiger partial charge on any atom is -0.481 e. The molecule has 118 valence electrons. The van der Waals surface area contributed by atoms with Gasteiger partial charge in [0.25, 0.3) is 0 Å². The first-order chi connectivity index (χ1) is 8.99. The second-order valence-corrected chi connectivity index (χ2v) is 6.75. The molecule has 1 aliphatic rings. The number of carbonyl (C=O) groups is 1. The van der Waals surface area contributed by atoms with E-state index in [1.54, 1.807) is 0 Å². The summed E-state index contributed by atoms with van der Waals surface area (Å²) in [5.41, 5.74) is 0. The van der Waals surface area contributed by atoms with Crippen molar-refractivity contribution in [2.75, 3.05) is 26.0 Å². The SMILES string of the molecule is COC(C)CS(=O)(=O)N1C[C@@H](C(F)(F)F)[C@H](C(=O)O)C1. The van der Waals surface area contributed by atoms with Crippen molar-refractivity contribution in [1.29, 1.82) is 0 Å². The molecule has 1 aliphatic heterocycles. The van der Waals surface area contributed by atoms with E-state index in [1.807, 2.05) is 0 Å². The van der Waals surface area contributed by atoms with E-state index >= 15 is 0 Å². The number of aliphatic carboxylic acids is 1. The van der Waals surface area contributed by atoms with Crippen molar-refractivity contribution in [1.82, 2.24) is 4.31 Å². The predicted octanol–water partition coefficient (Wildman–Crippen LogP) is 0.546. The van der Waals surface area contributed by atoms with Crippen molar-refractivity contribution in [2.45, 2.75) is 19.2 Å². The molecular weight excluding hydrogens is 303 g/mol. The molecule has 1 N–H and O–H groups in total. The molecule has 1 fully saturated rings. The first kappa shape index (κ1) is 17.2. The lowest BCUT2D eigenvalue weighted by atomic mass is 9.96. The van der Waals surface area contributed by atoms with Crippen LogP contribution in [-0.2, 0) is 19.6 Å². The maximum Gasteiger partial charge on any atom is 0.393 e. The zero-order valence-corrected chi connectivity index (χ0v) is 11.7. The third-order valence-electron chi connectivity index (χ3n) is 3.27. The molecule has 0 aromatic carbocycles. The molecular formula is C10H16F3NO5S. The van der Waals surface area contributed by atoms with Gasteiger partial charge in [-0.05, 0) is 6.92 Å². The Bertz CT molecular complexity index is 464. The lowest BCUT2D eigenvalue weighted by Gasteiger charge is -2.19. The maximum atomic E-state index is 12.8. The molecule has 0 bridgehead atoms. The molecule has 0 saturated carbocycles. The second kappa shape index (κ2) is 5.86. The average molecular weight is 319 g/mol. The highest BCUT2D eigenvalue weighted by Gasteiger charge is 2.54. The Morgan fingerprint density at radius 1 is 1.45 bits per heavy atom. The maximum absolute atomic E-state index is 12.8. The van der Waals surface area contributed by atoms with E-state index in [-0.39, 0.29) is 0 Å². The predicted molar refractivity (Wildman–Crippen MR) is 62.5 cm³/mol. The summed E-state index contributed by atoms with van der Waals surface area (Å²) >= 11 is 0. The Hall–Kier alpha value is -0.870. The molecule has 20 heavy (non-hydrogen) atoms. The molecule has 10 heteroatoms. The summed E-state index contributed by atoms with van der Waals surface area (Å²) in [4.78, 5) is 10.9. The van der Waals surface area contributed by atoms with Crippen LogP contribution in [-0.4, -0.2) is 62.0 Å². The standard InChI is InChI=1S/C10H16F3NO5S/c1-6(19-2)5-20(17,18)14-3-7(9(15)16)8(4-14)10(11,12)13/h6-8H,3-5H2,1-2H3,(H,15,16)/t6?,7-,8-/m1/s1. The highest BCUT2D eigenvalue weighted by molar-refractivity contribution is 7.89. The molecule has 1 rings (SSSR count). The minimum atomic E-state index is -4.75. The average Bonchev–Trinajstić information content (AvgIpc) is 2.73. The number of carboxylic acid groups (broad SMARTS) is 1. The van der Waals surface area contributed by atoms with Gasteiger partial charge in [-0.2, -0.15) is 13.2 Å². The van der Waals surface area contributed by atoms with Crippen molar-refractivity contribution in [3.63, 3.8) is 0 Å². The molecule has 1 unspecified atom stereocenters. The van der Waals surface area contributed by atoms with E-state index < -0.39 is 59.0 Å².